The van der Waals surface area contributed by atoms with Gasteiger partial charge in [0.2, 0.25) is 0 Å². The van der Waals surface area contributed by atoms with Gasteiger partial charge < -0.3 is 11.1 Å². The largest absolute Gasteiger partial charge is 0.396 e. The maximum atomic E-state index is 5.84. The molecule has 0 saturated carbocycles. The van der Waals surface area contributed by atoms with E-state index in [0.717, 1.165) is 11.3 Å². The number of aromatic nitrogens is 1. The summed E-state index contributed by atoms with van der Waals surface area (Å²) in [7, 11) is 0. The van der Waals surface area contributed by atoms with Crippen molar-refractivity contribution in [2.24, 2.45) is 0 Å². The summed E-state index contributed by atoms with van der Waals surface area (Å²) in [6, 6.07) is 9.55. The van der Waals surface area contributed by atoms with E-state index in [1.807, 2.05) is 19.1 Å². The minimum Gasteiger partial charge on any atom is -0.396 e. The summed E-state index contributed by atoms with van der Waals surface area (Å²) in [6.45, 7) is 4.10. The molecule has 2 aromatic rings. The van der Waals surface area contributed by atoms with Crippen LogP contribution < -0.4 is 11.1 Å². The Kier molecular flexibility index (Phi) is 3.20. The predicted molar refractivity (Wildman–Crippen MR) is 72.9 cm³/mol. The second kappa shape index (κ2) is 4.63. The van der Waals surface area contributed by atoms with Crippen LogP contribution in [-0.2, 0) is 0 Å². The van der Waals surface area contributed by atoms with Crippen LogP contribution in [0.3, 0.4) is 0 Å². The zero-order valence-corrected chi connectivity index (χ0v) is 10.5. The van der Waals surface area contributed by atoms with E-state index >= 15 is 0 Å². The lowest BCUT2D eigenvalue weighted by atomic mass is 10.1. The maximum absolute atomic E-state index is 5.84. The van der Waals surface area contributed by atoms with Gasteiger partial charge >= 0.3 is 0 Å². The molecule has 0 bridgehead atoms. The number of nitrogens with one attached hydrogen (secondary N) is 1. The Balaban J connectivity index is 2.34. The molecule has 1 aromatic heterocycles. The van der Waals surface area contributed by atoms with Crippen LogP contribution in [0, 0.1) is 13.8 Å². The van der Waals surface area contributed by atoms with Gasteiger partial charge in [0.05, 0.1) is 5.69 Å². The fourth-order valence-electron chi connectivity index (χ4n) is 1.63. The molecule has 1 heterocycles. The highest BCUT2D eigenvalue weighted by molar-refractivity contribution is 6.29. The van der Waals surface area contributed by atoms with Crippen molar-refractivity contribution >= 4 is 28.8 Å². The summed E-state index contributed by atoms with van der Waals surface area (Å²) >= 11 is 5.84. The number of hydrogen-bond donors (Lipinski definition) is 2. The molecule has 0 unspecified atom stereocenters. The van der Waals surface area contributed by atoms with E-state index in [0.29, 0.717) is 16.7 Å². The summed E-state index contributed by atoms with van der Waals surface area (Å²) in [5.74, 6) is 0.587. The molecule has 0 radical (unpaired) electrons. The van der Waals surface area contributed by atoms with Gasteiger partial charge in [-0.15, -0.1) is 0 Å². The Bertz CT molecular complexity index is 552. The van der Waals surface area contributed by atoms with Crippen molar-refractivity contribution < 1.29 is 0 Å². The molecular formula is C13H14ClN3. The number of nitrogens with zero attached hydrogens (tertiary/aromatic N) is 1. The highest BCUT2D eigenvalue weighted by Gasteiger charge is 2.04. The first-order valence-electron chi connectivity index (χ1n) is 5.32. The monoisotopic (exact) mass is 247 g/mol. The van der Waals surface area contributed by atoms with E-state index in [1.54, 1.807) is 12.1 Å². The molecule has 4 heteroatoms. The highest BCUT2D eigenvalue weighted by atomic mass is 35.5. The summed E-state index contributed by atoms with van der Waals surface area (Å²) in [4.78, 5) is 4.16. The zero-order valence-electron chi connectivity index (χ0n) is 9.79. The van der Waals surface area contributed by atoms with Crippen molar-refractivity contribution in [1.29, 1.82) is 0 Å². The van der Waals surface area contributed by atoms with Gasteiger partial charge in [0, 0.05) is 5.69 Å². The molecule has 17 heavy (non-hydrogen) atoms. The van der Waals surface area contributed by atoms with Gasteiger partial charge in [-0.2, -0.15) is 0 Å². The van der Waals surface area contributed by atoms with Gasteiger partial charge in [-0.1, -0.05) is 29.3 Å². The third-order valence-corrected chi connectivity index (χ3v) is 2.74. The molecule has 0 fully saturated rings. The molecule has 88 valence electrons. The molecule has 2 rings (SSSR count). The van der Waals surface area contributed by atoms with Crippen LogP contribution in [0.25, 0.3) is 0 Å². The number of pyridine rings is 1. The molecule has 0 atom stereocenters. The second-order valence-corrected chi connectivity index (χ2v) is 4.40. The molecule has 0 spiro atoms. The topological polar surface area (TPSA) is 50.9 Å². The van der Waals surface area contributed by atoms with Crippen LogP contribution in [0.1, 0.15) is 11.1 Å². The number of aryl methyl sites for hydroxylation is 2. The fraction of sp³-hybridized carbons (Fsp3) is 0.154. The normalized spacial score (nSPS) is 10.3. The molecule has 3 nitrogen and oxygen atoms in total. The summed E-state index contributed by atoms with van der Waals surface area (Å²) < 4.78 is 0. The van der Waals surface area contributed by atoms with E-state index in [2.05, 4.69) is 23.3 Å². The first kappa shape index (κ1) is 11.7. The lowest BCUT2D eigenvalue weighted by Crippen LogP contribution is -2.00. The Morgan fingerprint density at radius 2 is 1.94 bits per heavy atom. The van der Waals surface area contributed by atoms with Crippen molar-refractivity contribution in [1.82, 2.24) is 4.98 Å². The summed E-state index contributed by atoms with van der Waals surface area (Å²) in [5, 5.41) is 3.61. The molecule has 0 amide bonds. The van der Waals surface area contributed by atoms with Crippen molar-refractivity contribution in [3.05, 3.63) is 46.6 Å². The van der Waals surface area contributed by atoms with Gasteiger partial charge in [-0.25, -0.2) is 4.98 Å². The number of rotatable bonds is 2. The van der Waals surface area contributed by atoms with E-state index in [4.69, 9.17) is 17.3 Å². The molecular weight excluding hydrogens is 234 g/mol. The van der Waals surface area contributed by atoms with Crippen LogP contribution >= 0.6 is 11.6 Å². The quantitative estimate of drug-likeness (QED) is 0.796. The van der Waals surface area contributed by atoms with Crippen LogP contribution in [0.4, 0.5) is 17.2 Å². The van der Waals surface area contributed by atoms with Crippen molar-refractivity contribution in [2.45, 2.75) is 13.8 Å². The van der Waals surface area contributed by atoms with Crippen LogP contribution in [0.15, 0.2) is 30.3 Å². The molecule has 0 aliphatic heterocycles. The second-order valence-electron chi connectivity index (χ2n) is 4.02. The van der Waals surface area contributed by atoms with E-state index in [9.17, 15) is 0 Å². The predicted octanol–water partition coefficient (Wildman–Crippen LogP) is 3.68. The summed E-state index contributed by atoms with van der Waals surface area (Å²) in [6.07, 6.45) is 0. The minimum atomic E-state index is 0.423. The SMILES string of the molecule is Cc1ccc(Nc2nc(Cl)ccc2N)c(C)c1. The van der Waals surface area contributed by atoms with E-state index < -0.39 is 0 Å². The number of nitrogen functional groups attached to an aromatic ring is 1. The lowest BCUT2D eigenvalue weighted by Gasteiger charge is -2.11. The first-order valence-corrected chi connectivity index (χ1v) is 5.70. The minimum absolute atomic E-state index is 0.423. The third kappa shape index (κ3) is 2.68. The van der Waals surface area contributed by atoms with Gasteiger partial charge in [0.25, 0.3) is 0 Å². The molecule has 0 aliphatic rings. The van der Waals surface area contributed by atoms with E-state index in [1.165, 1.54) is 5.56 Å². The van der Waals surface area contributed by atoms with E-state index in [-0.39, 0.29) is 0 Å². The number of halogens is 1. The van der Waals surface area contributed by atoms with Gasteiger partial charge in [0.1, 0.15) is 5.15 Å². The molecule has 1 aromatic carbocycles. The Hall–Kier alpha value is -1.74. The Morgan fingerprint density at radius 3 is 2.65 bits per heavy atom. The Morgan fingerprint density at radius 1 is 1.18 bits per heavy atom. The number of benzene rings is 1. The van der Waals surface area contributed by atoms with Gasteiger partial charge in [-0.05, 0) is 37.6 Å². The maximum Gasteiger partial charge on any atom is 0.155 e. The lowest BCUT2D eigenvalue weighted by molar-refractivity contribution is 1.29. The molecule has 0 saturated heterocycles. The summed E-state index contributed by atoms with van der Waals surface area (Å²) in [5.41, 5.74) is 9.76. The van der Waals surface area contributed by atoms with Crippen molar-refractivity contribution in [3.8, 4) is 0 Å². The fourth-order valence-corrected chi connectivity index (χ4v) is 1.78. The third-order valence-electron chi connectivity index (χ3n) is 2.53. The highest BCUT2D eigenvalue weighted by Crippen LogP contribution is 2.25. The molecule has 0 aliphatic carbocycles. The van der Waals surface area contributed by atoms with Crippen LogP contribution in [-0.4, -0.2) is 4.98 Å². The molecule has 3 N–H and O–H groups in total. The zero-order chi connectivity index (χ0) is 12.4. The van der Waals surface area contributed by atoms with Crippen molar-refractivity contribution in [2.75, 3.05) is 11.1 Å². The van der Waals surface area contributed by atoms with Crippen LogP contribution in [0.2, 0.25) is 5.15 Å². The number of hydrogen-bond acceptors (Lipinski definition) is 3. The smallest absolute Gasteiger partial charge is 0.155 e. The number of nitrogens with two attached hydrogens (primary N) is 1. The van der Waals surface area contributed by atoms with Crippen molar-refractivity contribution in [3.63, 3.8) is 0 Å². The van der Waals surface area contributed by atoms with Gasteiger partial charge in [0.15, 0.2) is 5.82 Å². The first-order chi connectivity index (χ1) is 8.06. The average Bonchev–Trinajstić information content (AvgIpc) is 2.27. The number of anilines is 3. The Labute approximate surface area is 106 Å². The van der Waals surface area contributed by atoms with Gasteiger partial charge in [-0.3, -0.25) is 0 Å². The van der Waals surface area contributed by atoms with Crippen LogP contribution in [0.5, 0.6) is 0 Å². The standard InChI is InChI=1S/C13H14ClN3/c1-8-3-5-11(9(2)7-8)16-13-10(15)4-6-12(14)17-13/h3-7H,15H2,1-2H3,(H,16,17). The average molecular weight is 248 g/mol.